The van der Waals surface area contributed by atoms with Crippen molar-refractivity contribution >= 4 is 12.0 Å². The van der Waals surface area contributed by atoms with Crippen molar-refractivity contribution in [1.29, 1.82) is 0 Å². The van der Waals surface area contributed by atoms with Gasteiger partial charge in [0, 0.05) is 18.2 Å². The van der Waals surface area contributed by atoms with Crippen molar-refractivity contribution in [2.24, 2.45) is 0 Å². The third-order valence-electron chi connectivity index (χ3n) is 2.35. The Morgan fingerprint density at radius 2 is 2.24 bits per heavy atom. The summed E-state index contributed by atoms with van der Waals surface area (Å²) >= 11 is 0. The van der Waals surface area contributed by atoms with E-state index in [0.29, 0.717) is 6.54 Å². The van der Waals surface area contributed by atoms with Crippen LogP contribution in [0.5, 0.6) is 5.75 Å². The quantitative estimate of drug-likeness (QED) is 0.794. The number of carbonyl (C=O) groups excluding carboxylic acids is 1. The van der Waals surface area contributed by atoms with Gasteiger partial charge in [0.1, 0.15) is 5.75 Å². The minimum Gasteiger partial charge on any atom is -0.496 e. The Balaban J connectivity index is 2.76. The van der Waals surface area contributed by atoms with Crippen molar-refractivity contribution in [3.63, 3.8) is 0 Å². The lowest BCUT2D eigenvalue weighted by Gasteiger charge is -2.05. The highest BCUT2D eigenvalue weighted by molar-refractivity contribution is 5.92. The van der Waals surface area contributed by atoms with E-state index in [1.54, 1.807) is 13.2 Å². The molecule has 17 heavy (non-hydrogen) atoms. The van der Waals surface area contributed by atoms with Crippen molar-refractivity contribution in [2.45, 2.75) is 20.3 Å². The number of nitrogens with one attached hydrogen (secondary N) is 1. The molecule has 0 heterocycles. The zero-order valence-corrected chi connectivity index (χ0v) is 10.6. The number of amides is 1. The summed E-state index contributed by atoms with van der Waals surface area (Å²) in [7, 11) is 1.62. The van der Waals surface area contributed by atoms with Gasteiger partial charge in [0.05, 0.1) is 7.11 Å². The van der Waals surface area contributed by atoms with Gasteiger partial charge in [-0.05, 0) is 31.6 Å². The molecule has 1 rings (SSSR count). The van der Waals surface area contributed by atoms with Crippen LogP contribution in [0, 0.1) is 6.92 Å². The van der Waals surface area contributed by atoms with Gasteiger partial charge in [-0.15, -0.1) is 0 Å². The van der Waals surface area contributed by atoms with Crippen LogP contribution in [0.4, 0.5) is 0 Å². The van der Waals surface area contributed by atoms with E-state index in [0.717, 1.165) is 23.3 Å². The van der Waals surface area contributed by atoms with Crippen molar-refractivity contribution in [3.05, 3.63) is 35.4 Å². The molecule has 0 fully saturated rings. The Morgan fingerprint density at radius 1 is 1.47 bits per heavy atom. The Morgan fingerprint density at radius 3 is 2.88 bits per heavy atom. The maximum atomic E-state index is 11.4. The molecule has 0 radical (unpaired) electrons. The molecule has 92 valence electrons. The maximum Gasteiger partial charge on any atom is 0.244 e. The monoisotopic (exact) mass is 233 g/mol. The van der Waals surface area contributed by atoms with Crippen molar-refractivity contribution < 1.29 is 9.53 Å². The molecule has 0 saturated carbocycles. The lowest BCUT2D eigenvalue weighted by atomic mass is 10.1. The van der Waals surface area contributed by atoms with Crippen molar-refractivity contribution in [1.82, 2.24) is 5.32 Å². The van der Waals surface area contributed by atoms with Gasteiger partial charge in [-0.2, -0.15) is 0 Å². The highest BCUT2D eigenvalue weighted by atomic mass is 16.5. The fraction of sp³-hybridized carbons (Fsp3) is 0.357. The molecule has 3 nitrogen and oxygen atoms in total. The van der Waals surface area contributed by atoms with E-state index in [2.05, 4.69) is 5.32 Å². The molecular formula is C14H19NO2. The molecule has 0 unspecified atom stereocenters. The van der Waals surface area contributed by atoms with E-state index in [9.17, 15) is 4.79 Å². The predicted molar refractivity (Wildman–Crippen MR) is 70.1 cm³/mol. The van der Waals surface area contributed by atoms with E-state index in [1.807, 2.05) is 32.0 Å². The van der Waals surface area contributed by atoms with Crippen molar-refractivity contribution in [2.75, 3.05) is 13.7 Å². The fourth-order valence-corrected chi connectivity index (χ4v) is 1.46. The highest BCUT2D eigenvalue weighted by Crippen LogP contribution is 2.20. The van der Waals surface area contributed by atoms with Gasteiger partial charge < -0.3 is 10.1 Å². The van der Waals surface area contributed by atoms with Gasteiger partial charge in [-0.3, -0.25) is 4.79 Å². The first kappa shape index (κ1) is 13.3. The SMILES string of the molecule is CCCNC(=O)/C=C/c1cc(C)ccc1OC. The zero-order chi connectivity index (χ0) is 12.7. The molecule has 0 atom stereocenters. The smallest absolute Gasteiger partial charge is 0.244 e. The molecule has 1 aromatic carbocycles. The Labute approximate surface area is 102 Å². The molecule has 1 amide bonds. The van der Waals surface area contributed by atoms with Crippen LogP contribution in [-0.4, -0.2) is 19.6 Å². The van der Waals surface area contributed by atoms with E-state index >= 15 is 0 Å². The van der Waals surface area contributed by atoms with Crippen LogP contribution in [0.2, 0.25) is 0 Å². The largest absolute Gasteiger partial charge is 0.496 e. The topological polar surface area (TPSA) is 38.3 Å². The number of rotatable bonds is 5. The second-order valence-corrected chi connectivity index (χ2v) is 3.87. The summed E-state index contributed by atoms with van der Waals surface area (Å²) in [6.07, 6.45) is 4.25. The van der Waals surface area contributed by atoms with E-state index in [-0.39, 0.29) is 5.91 Å². The number of methoxy groups -OCH3 is 1. The minimum atomic E-state index is -0.0737. The van der Waals surface area contributed by atoms with Crippen LogP contribution in [0.15, 0.2) is 24.3 Å². The molecule has 0 bridgehead atoms. The van der Waals surface area contributed by atoms with Crippen LogP contribution in [-0.2, 0) is 4.79 Å². The summed E-state index contributed by atoms with van der Waals surface area (Å²) in [4.78, 5) is 11.4. The van der Waals surface area contributed by atoms with Crippen LogP contribution in [0.3, 0.4) is 0 Å². The van der Waals surface area contributed by atoms with Crippen molar-refractivity contribution in [3.8, 4) is 5.75 Å². The second-order valence-electron chi connectivity index (χ2n) is 3.87. The lowest BCUT2D eigenvalue weighted by Crippen LogP contribution is -2.21. The molecule has 0 aromatic heterocycles. The molecule has 0 aliphatic carbocycles. The number of carbonyl (C=O) groups is 1. The van der Waals surface area contributed by atoms with Gasteiger partial charge in [-0.1, -0.05) is 18.6 Å². The third-order valence-corrected chi connectivity index (χ3v) is 2.35. The van der Waals surface area contributed by atoms with Gasteiger partial charge >= 0.3 is 0 Å². The van der Waals surface area contributed by atoms with Crippen LogP contribution in [0.1, 0.15) is 24.5 Å². The summed E-state index contributed by atoms with van der Waals surface area (Å²) in [5.74, 6) is 0.700. The number of ether oxygens (including phenoxy) is 1. The van der Waals surface area contributed by atoms with Crippen LogP contribution < -0.4 is 10.1 Å². The normalized spacial score (nSPS) is 10.5. The van der Waals surface area contributed by atoms with E-state index in [1.165, 1.54) is 6.08 Å². The second kappa shape index (κ2) is 6.74. The van der Waals surface area contributed by atoms with Gasteiger partial charge in [0.2, 0.25) is 5.91 Å². The molecule has 0 saturated heterocycles. The van der Waals surface area contributed by atoms with Gasteiger partial charge in [0.15, 0.2) is 0 Å². The molecule has 0 aliphatic heterocycles. The molecule has 3 heteroatoms. The zero-order valence-electron chi connectivity index (χ0n) is 10.6. The summed E-state index contributed by atoms with van der Waals surface area (Å²) < 4.78 is 5.23. The Kier molecular flexibility index (Phi) is 5.27. The molecule has 1 N–H and O–H groups in total. The first-order valence-electron chi connectivity index (χ1n) is 5.78. The van der Waals surface area contributed by atoms with Gasteiger partial charge in [-0.25, -0.2) is 0 Å². The van der Waals surface area contributed by atoms with Gasteiger partial charge in [0.25, 0.3) is 0 Å². The average Bonchev–Trinajstić information content (AvgIpc) is 2.34. The standard InChI is InChI=1S/C14H19NO2/c1-4-9-15-14(16)8-6-12-10-11(2)5-7-13(12)17-3/h5-8,10H,4,9H2,1-3H3,(H,15,16)/b8-6+. The van der Waals surface area contributed by atoms with E-state index < -0.39 is 0 Å². The molecular weight excluding hydrogens is 214 g/mol. The first-order chi connectivity index (χ1) is 8.17. The summed E-state index contributed by atoms with van der Waals surface area (Å²) in [5.41, 5.74) is 2.05. The summed E-state index contributed by atoms with van der Waals surface area (Å²) in [5, 5.41) is 2.79. The number of aryl methyl sites for hydroxylation is 1. The minimum absolute atomic E-state index is 0.0737. The molecule has 0 aliphatic rings. The number of benzene rings is 1. The predicted octanol–water partition coefficient (Wildman–Crippen LogP) is 2.54. The van der Waals surface area contributed by atoms with E-state index in [4.69, 9.17) is 4.74 Å². The maximum absolute atomic E-state index is 11.4. The average molecular weight is 233 g/mol. The third kappa shape index (κ3) is 4.31. The molecule has 1 aromatic rings. The Hall–Kier alpha value is -1.77. The first-order valence-corrected chi connectivity index (χ1v) is 5.78. The Bertz CT molecular complexity index is 411. The number of hydrogen-bond donors (Lipinski definition) is 1. The highest BCUT2D eigenvalue weighted by Gasteiger charge is 2.00. The van der Waals surface area contributed by atoms with Crippen LogP contribution >= 0.6 is 0 Å². The summed E-state index contributed by atoms with van der Waals surface area (Å²) in [6, 6.07) is 5.87. The summed E-state index contributed by atoms with van der Waals surface area (Å²) in [6.45, 7) is 4.73. The van der Waals surface area contributed by atoms with Crippen LogP contribution in [0.25, 0.3) is 6.08 Å². The fourth-order valence-electron chi connectivity index (χ4n) is 1.46. The molecule has 0 spiro atoms. The lowest BCUT2D eigenvalue weighted by molar-refractivity contribution is -0.116. The number of hydrogen-bond acceptors (Lipinski definition) is 2.